The first kappa shape index (κ1) is 12.7. The highest BCUT2D eigenvalue weighted by Crippen LogP contribution is 2.10. The van der Waals surface area contributed by atoms with E-state index >= 15 is 0 Å². The minimum atomic E-state index is -0.293. The predicted octanol–water partition coefficient (Wildman–Crippen LogP) is 1.27. The van der Waals surface area contributed by atoms with Crippen LogP contribution in [0.15, 0.2) is 63.8 Å². The molecule has 0 bridgehead atoms. The van der Waals surface area contributed by atoms with E-state index in [1.165, 1.54) is 10.5 Å². The Morgan fingerprint density at radius 1 is 1.05 bits per heavy atom. The van der Waals surface area contributed by atoms with E-state index in [-0.39, 0.29) is 5.76 Å². The molecule has 0 spiro atoms. The molecule has 3 aromatic rings. The number of rotatable bonds is 4. The Morgan fingerprint density at radius 3 is 2.55 bits per heavy atom. The zero-order chi connectivity index (χ0) is 13.9. The lowest BCUT2D eigenvalue weighted by Gasteiger charge is -2.14. The van der Waals surface area contributed by atoms with E-state index < -0.39 is 0 Å². The van der Waals surface area contributed by atoms with Gasteiger partial charge in [0.05, 0.1) is 12.6 Å². The van der Waals surface area contributed by atoms with Crippen LogP contribution in [0, 0.1) is 0 Å². The molecule has 0 aliphatic heterocycles. The second-order valence-corrected chi connectivity index (χ2v) is 5.04. The van der Waals surface area contributed by atoms with Crippen LogP contribution in [0.5, 0.6) is 0 Å². The molecule has 1 unspecified atom stereocenters. The zero-order valence-corrected chi connectivity index (χ0v) is 11.4. The summed E-state index contributed by atoms with van der Waals surface area (Å²) in [5.74, 6) is -0.293. The summed E-state index contributed by atoms with van der Waals surface area (Å²) >= 11 is 0. The third-order valence-corrected chi connectivity index (χ3v) is 3.35. The number of para-hydroxylation sites is 2. The second-order valence-electron chi connectivity index (χ2n) is 5.04. The molecule has 1 heterocycles. The predicted molar refractivity (Wildman–Crippen MR) is 77.5 cm³/mol. The maximum atomic E-state index is 11.9. The largest absolute Gasteiger partial charge is 0.424 e. The van der Waals surface area contributed by atoms with E-state index in [0.29, 0.717) is 12.3 Å². The highest BCUT2D eigenvalue weighted by molar-refractivity contribution is 5.72. The molecule has 0 saturated carbocycles. The first-order valence-corrected chi connectivity index (χ1v) is 6.67. The number of hydrogen-bond acceptors (Lipinski definition) is 2. The van der Waals surface area contributed by atoms with Gasteiger partial charge in [-0.25, -0.2) is 9.36 Å². The Hall–Kier alpha value is -2.33. The summed E-state index contributed by atoms with van der Waals surface area (Å²) in [5.41, 5.74) is 2.75. The maximum Gasteiger partial charge on any atom is 0.424 e. The van der Waals surface area contributed by atoms with Crippen molar-refractivity contribution in [3.05, 3.63) is 70.7 Å². The number of nitrogens with zero attached hydrogens (tertiary/aromatic N) is 1. The van der Waals surface area contributed by atoms with E-state index in [4.69, 9.17) is 4.42 Å². The molecule has 0 aliphatic carbocycles. The molecule has 0 saturated heterocycles. The number of aromatic nitrogens is 1. The Balaban J connectivity index is 1.83. The Kier molecular flexibility index (Phi) is 3.39. The molecule has 102 valence electrons. The van der Waals surface area contributed by atoms with Crippen LogP contribution in [0.1, 0.15) is 5.56 Å². The van der Waals surface area contributed by atoms with Crippen LogP contribution in [0.3, 0.4) is 0 Å². The van der Waals surface area contributed by atoms with E-state index in [1.54, 1.807) is 4.57 Å². The molecule has 0 radical (unpaired) electrons. The number of quaternary nitrogens is 1. The van der Waals surface area contributed by atoms with Crippen LogP contribution in [0.25, 0.3) is 11.1 Å². The molecule has 1 atom stereocenters. The summed E-state index contributed by atoms with van der Waals surface area (Å²) in [6.07, 6.45) is 0. The van der Waals surface area contributed by atoms with Crippen molar-refractivity contribution in [1.29, 1.82) is 0 Å². The van der Waals surface area contributed by atoms with Crippen molar-refractivity contribution in [2.75, 3.05) is 7.05 Å². The second kappa shape index (κ2) is 5.35. The smallest absolute Gasteiger partial charge is 0.408 e. The molecule has 4 heteroatoms. The Bertz CT molecular complexity index is 759. The summed E-state index contributed by atoms with van der Waals surface area (Å²) in [4.78, 5) is 13.1. The number of fused-ring (bicyclic) bond motifs is 1. The van der Waals surface area contributed by atoms with Gasteiger partial charge in [-0.3, -0.25) is 0 Å². The summed E-state index contributed by atoms with van der Waals surface area (Å²) in [6.45, 7) is 1.46. The summed E-state index contributed by atoms with van der Waals surface area (Å²) in [5, 5.41) is 0. The van der Waals surface area contributed by atoms with Gasteiger partial charge in [0.15, 0.2) is 12.3 Å². The maximum absolute atomic E-state index is 11.9. The van der Waals surface area contributed by atoms with Gasteiger partial charge in [-0.1, -0.05) is 42.5 Å². The summed E-state index contributed by atoms with van der Waals surface area (Å²) in [6, 6.07) is 17.8. The van der Waals surface area contributed by atoms with Crippen LogP contribution < -0.4 is 10.7 Å². The van der Waals surface area contributed by atoms with E-state index in [2.05, 4.69) is 19.2 Å². The van der Waals surface area contributed by atoms with E-state index in [9.17, 15) is 4.79 Å². The van der Waals surface area contributed by atoms with Crippen molar-refractivity contribution in [2.45, 2.75) is 13.2 Å². The lowest BCUT2D eigenvalue weighted by Crippen LogP contribution is -3.07. The average Bonchev–Trinajstić information content (AvgIpc) is 2.76. The molecular weight excluding hydrogens is 252 g/mol. The first-order chi connectivity index (χ1) is 9.74. The van der Waals surface area contributed by atoms with Gasteiger partial charge in [0.1, 0.15) is 6.54 Å². The molecule has 4 nitrogen and oxygen atoms in total. The Morgan fingerprint density at radius 2 is 1.75 bits per heavy atom. The molecule has 1 aromatic heterocycles. The highest BCUT2D eigenvalue weighted by atomic mass is 16.4. The standard InChI is InChI=1S/C16H16N2O2/c1-17(11-13-7-3-2-4-8-13)12-18-14-9-5-6-10-15(14)20-16(18)19/h2-10H,11-12H2,1H3/p+1. The molecule has 0 fully saturated rings. The average molecular weight is 269 g/mol. The molecular formula is C16H17N2O2+. The van der Waals surface area contributed by atoms with Crippen LogP contribution >= 0.6 is 0 Å². The van der Waals surface area contributed by atoms with Crippen molar-refractivity contribution in [3.8, 4) is 0 Å². The Labute approximate surface area is 116 Å². The van der Waals surface area contributed by atoms with Crippen LogP contribution in [-0.4, -0.2) is 11.6 Å². The van der Waals surface area contributed by atoms with Gasteiger partial charge in [-0.05, 0) is 12.1 Å². The van der Waals surface area contributed by atoms with Crippen molar-refractivity contribution >= 4 is 11.1 Å². The van der Waals surface area contributed by atoms with Gasteiger partial charge < -0.3 is 9.32 Å². The fraction of sp³-hybridized carbons (Fsp3) is 0.188. The summed E-state index contributed by atoms with van der Waals surface area (Å²) in [7, 11) is 2.07. The third-order valence-electron chi connectivity index (χ3n) is 3.35. The number of nitrogens with one attached hydrogen (secondary N) is 1. The van der Waals surface area contributed by atoms with Crippen LogP contribution in [0.4, 0.5) is 0 Å². The first-order valence-electron chi connectivity index (χ1n) is 6.67. The fourth-order valence-corrected chi connectivity index (χ4v) is 2.43. The van der Waals surface area contributed by atoms with Crippen LogP contribution in [-0.2, 0) is 13.2 Å². The van der Waals surface area contributed by atoms with Gasteiger partial charge in [-0.15, -0.1) is 0 Å². The molecule has 3 rings (SSSR count). The molecule has 0 aliphatic rings. The van der Waals surface area contributed by atoms with E-state index in [0.717, 1.165) is 12.1 Å². The summed E-state index contributed by atoms with van der Waals surface area (Å²) < 4.78 is 6.93. The third kappa shape index (κ3) is 2.51. The fourth-order valence-electron chi connectivity index (χ4n) is 2.43. The number of hydrogen-bond donors (Lipinski definition) is 1. The number of oxazole rings is 1. The molecule has 0 amide bonds. The molecule has 20 heavy (non-hydrogen) atoms. The molecule has 1 N–H and O–H groups in total. The lowest BCUT2D eigenvalue weighted by molar-refractivity contribution is -0.916. The van der Waals surface area contributed by atoms with Gasteiger partial charge >= 0.3 is 5.76 Å². The van der Waals surface area contributed by atoms with Gasteiger partial charge in [0.25, 0.3) is 0 Å². The van der Waals surface area contributed by atoms with Crippen molar-refractivity contribution < 1.29 is 9.32 Å². The SMILES string of the molecule is C[NH+](Cc1ccccc1)Cn1c(=O)oc2ccccc21. The van der Waals surface area contributed by atoms with Gasteiger partial charge in [0.2, 0.25) is 0 Å². The topological polar surface area (TPSA) is 39.6 Å². The monoisotopic (exact) mass is 269 g/mol. The molecule has 2 aromatic carbocycles. The number of benzene rings is 2. The minimum absolute atomic E-state index is 0.293. The van der Waals surface area contributed by atoms with Crippen molar-refractivity contribution in [2.24, 2.45) is 0 Å². The highest BCUT2D eigenvalue weighted by Gasteiger charge is 2.12. The quantitative estimate of drug-likeness (QED) is 0.774. The van der Waals surface area contributed by atoms with Gasteiger partial charge in [0, 0.05) is 5.56 Å². The minimum Gasteiger partial charge on any atom is -0.408 e. The van der Waals surface area contributed by atoms with Crippen molar-refractivity contribution in [3.63, 3.8) is 0 Å². The van der Waals surface area contributed by atoms with Crippen LogP contribution in [0.2, 0.25) is 0 Å². The van der Waals surface area contributed by atoms with Crippen molar-refractivity contribution in [1.82, 2.24) is 4.57 Å². The lowest BCUT2D eigenvalue weighted by atomic mass is 10.2. The normalized spacial score (nSPS) is 12.7. The zero-order valence-electron chi connectivity index (χ0n) is 11.4. The van der Waals surface area contributed by atoms with Gasteiger partial charge in [-0.2, -0.15) is 0 Å². The van der Waals surface area contributed by atoms with E-state index in [1.807, 2.05) is 42.5 Å².